The van der Waals surface area contributed by atoms with Crippen LogP contribution in [0.1, 0.15) is 35.2 Å². The van der Waals surface area contributed by atoms with E-state index in [2.05, 4.69) is 28.6 Å². The molecule has 142 valence electrons. The van der Waals surface area contributed by atoms with Crippen LogP contribution < -0.4 is 10.2 Å². The molecule has 2 N–H and O–H groups in total. The van der Waals surface area contributed by atoms with Crippen molar-refractivity contribution in [3.05, 3.63) is 40.7 Å². The van der Waals surface area contributed by atoms with E-state index in [0.29, 0.717) is 12.5 Å². The minimum Gasteiger partial charge on any atom is -0.327 e. The van der Waals surface area contributed by atoms with Crippen molar-refractivity contribution in [1.82, 2.24) is 14.8 Å². The zero-order valence-electron chi connectivity index (χ0n) is 16.1. The molecule has 27 heavy (non-hydrogen) atoms. The molecular weight excluding hydrogens is 358 g/mol. The second-order valence-electron chi connectivity index (χ2n) is 7.46. The van der Waals surface area contributed by atoms with Crippen molar-refractivity contribution in [2.45, 2.75) is 32.6 Å². The quantitative estimate of drug-likeness (QED) is 0.724. The van der Waals surface area contributed by atoms with Gasteiger partial charge in [0.2, 0.25) is 0 Å². The Hall–Kier alpha value is -2.25. The largest absolute Gasteiger partial charge is 0.327 e. The van der Waals surface area contributed by atoms with Gasteiger partial charge in [0.25, 0.3) is 5.91 Å². The van der Waals surface area contributed by atoms with Crippen LogP contribution in [0, 0.1) is 13.8 Å². The van der Waals surface area contributed by atoms with E-state index >= 15 is 0 Å². The summed E-state index contributed by atoms with van der Waals surface area (Å²) in [4.78, 5) is 18.8. The Labute approximate surface area is 163 Å². The van der Waals surface area contributed by atoms with Gasteiger partial charge in [-0.25, -0.2) is 4.98 Å². The highest BCUT2D eigenvalue weighted by molar-refractivity contribution is 7.18. The summed E-state index contributed by atoms with van der Waals surface area (Å²) in [6.45, 7) is 6.42. The molecule has 7 heteroatoms. The average molecular weight is 385 g/mol. The van der Waals surface area contributed by atoms with Crippen molar-refractivity contribution in [2.24, 2.45) is 7.05 Å². The number of carbonyl (C=O) groups is 1. The van der Waals surface area contributed by atoms with Gasteiger partial charge in [0.15, 0.2) is 6.54 Å². The summed E-state index contributed by atoms with van der Waals surface area (Å²) in [6.07, 6.45) is 2.29. The molecule has 2 atom stereocenters. The lowest BCUT2D eigenvalue weighted by Gasteiger charge is -2.28. The minimum absolute atomic E-state index is 0.0640. The summed E-state index contributed by atoms with van der Waals surface area (Å²) < 4.78 is 3.06. The van der Waals surface area contributed by atoms with Crippen molar-refractivity contribution < 1.29 is 9.69 Å². The number of rotatable bonds is 4. The van der Waals surface area contributed by atoms with E-state index in [1.165, 1.54) is 14.6 Å². The van der Waals surface area contributed by atoms with Crippen LogP contribution >= 0.6 is 11.3 Å². The number of aromatic nitrogens is 3. The van der Waals surface area contributed by atoms with E-state index in [1.54, 1.807) is 11.3 Å². The number of hydrogen-bond donors (Lipinski definition) is 2. The number of anilines is 1. The highest BCUT2D eigenvalue weighted by Crippen LogP contribution is 2.30. The van der Waals surface area contributed by atoms with E-state index in [-0.39, 0.29) is 5.91 Å². The van der Waals surface area contributed by atoms with Gasteiger partial charge in [-0.2, -0.15) is 5.10 Å². The Morgan fingerprint density at radius 3 is 2.93 bits per heavy atom. The molecule has 1 aliphatic rings. The summed E-state index contributed by atoms with van der Waals surface area (Å²) in [6, 6.07) is 8.32. The fourth-order valence-corrected chi connectivity index (χ4v) is 5.05. The number of likely N-dealkylation sites (tertiary alicyclic amines) is 1. The fourth-order valence-electron chi connectivity index (χ4n) is 3.95. The van der Waals surface area contributed by atoms with Crippen LogP contribution in [0.3, 0.4) is 0 Å². The van der Waals surface area contributed by atoms with Crippen LogP contribution in [0.2, 0.25) is 0 Å². The summed E-state index contributed by atoms with van der Waals surface area (Å²) >= 11 is 1.80. The molecule has 0 spiro atoms. The number of carbonyl (C=O) groups excluding carboxylic acids is 1. The molecule has 1 saturated heterocycles. The van der Waals surface area contributed by atoms with Crippen LogP contribution in [0.4, 0.5) is 5.69 Å². The molecular formula is C20H26N5OS+. The molecule has 1 amide bonds. The molecule has 3 aromatic rings. The maximum Gasteiger partial charge on any atom is 0.279 e. The normalized spacial score (nSPS) is 20.1. The number of amides is 1. The molecule has 0 saturated carbocycles. The SMILES string of the molecule is Cc1nn(C)c(C)c1NC(=O)C[NH+]1CCC[C@H](c2nc3ccccc3s2)C1. The zero-order chi connectivity index (χ0) is 19.0. The molecule has 1 aromatic carbocycles. The summed E-state index contributed by atoms with van der Waals surface area (Å²) in [5, 5.41) is 8.65. The van der Waals surface area contributed by atoms with Gasteiger partial charge in [-0.3, -0.25) is 9.48 Å². The van der Waals surface area contributed by atoms with Crippen LogP contribution in [0.25, 0.3) is 10.2 Å². The van der Waals surface area contributed by atoms with Gasteiger partial charge in [-0.15, -0.1) is 11.3 Å². The first-order valence-electron chi connectivity index (χ1n) is 9.50. The van der Waals surface area contributed by atoms with Crippen molar-refractivity contribution >= 4 is 33.1 Å². The van der Waals surface area contributed by atoms with Crippen molar-refractivity contribution in [3.63, 3.8) is 0 Å². The van der Waals surface area contributed by atoms with Gasteiger partial charge in [0.05, 0.1) is 46.3 Å². The maximum absolute atomic E-state index is 12.6. The first-order valence-corrected chi connectivity index (χ1v) is 10.3. The smallest absolute Gasteiger partial charge is 0.279 e. The molecule has 0 bridgehead atoms. The lowest BCUT2D eigenvalue weighted by molar-refractivity contribution is -0.898. The number of aryl methyl sites for hydroxylation is 2. The van der Waals surface area contributed by atoms with Crippen LogP contribution in [-0.2, 0) is 11.8 Å². The Bertz CT molecular complexity index is 943. The average Bonchev–Trinajstić information content (AvgIpc) is 3.19. The summed E-state index contributed by atoms with van der Waals surface area (Å²) in [7, 11) is 1.90. The van der Waals surface area contributed by atoms with Gasteiger partial charge in [-0.1, -0.05) is 12.1 Å². The third kappa shape index (κ3) is 3.75. The first-order chi connectivity index (χ1) is 13.0. The second-order valence-corrected chi connectivity index (χ2v) is 8.52. The van der Waals surface area contributed by atoms with Crippen molar-refractivity contribution in [1.29, 1.82) is 0 Å². The van der Waals surface area contributed by atoms with E-state index in [0.717, 1.165) is 48.5 Å². The lowest BCUT2D eigenvalue weighted by atomic mass is 9.99. The molecule has 1 unspecified atom stereocenters. The predicted molar refractivity (Wildman–Crippen MR) is 108 cm³/mol. The number of nitrogens with zero attached hydrogens (tertiary/aromatic N) is 3. The standard InChI is InChI=1S/C20H25N5OS/c1-13-19(14(2)24(3)23-13)22-18(26)12-25-10-6-7-15(11-25)20-21-16-8-4-5-9-17(16)27-20/h4-5,8-9,15H,6-7,10-12H2,1-3H3,(H,22,26)/p+1/t15-/m0/s1. The number of thiazole rings is 1. The molecule has 1 aliphatic heterocycles. The molecule has 4 rings (SSSR count). The number of quaternary nitrogens is 1. The predicted octanol–water partition coefficient (Wildman–Crippen LogP) is 2.05. The topological polar surface area (TPSA) is 64.2 Å². The Balaban J connectivity index is 1.41. The molecule has 6 nitrogen and oxygen atoms in total. The number of benzene rings is 1. The third-order valence-electron chi connectivity index (χ3n) is 5.46. The van der Waals surface area contributed by atoms with Gasteiger partial charge >= 0.3 is 0 Å². The Morgan fingerprint density at radius 2 is 2.19 bits per heavy atom. The van der Waals surface area contributed by atoms with Crippen LogP contribution in [0.5, 0.6) is 0 Å². The van der Waals surface area contributed by atoms with Gasteiger partial charge < -0.3 is 10.2 Å². The monoisotopic (exact) mass is 384 g/mol. The molecule has 0 aliphatic carbocycles. The van der Waals surface area contributed by atoms with Crippen molar-refractivity contribution in [3.8, 4) is 0 Å². The minimum atomic E-state index is 0.0640. The first kappa shape index (κ1) is 18.1. The fraction of sp³-hybridized carbons (Fsp3) is 0.450. The number of para-hydroxylation sites is 1. The highest BCUT2D eigenvalue weighted by atomic mass is 32.1. The van der Waals surface area contributed by atoms with Gasteiger partial charge in [0, 0.05) is 7.05 Å². The second kappa shape index (κ2) is 7.40. The number of fused-ring (bicyclic) bond motifs is 1. The van der Waals surface area contributed by atoms with Crippen LogP contribution in [-0.4, -0.2) is 40.3 Å². The van der Waals surface area contributed by atoms with Crippen LogP contribution in [0.15, 0.2) is 24.3 Å². The number of hydrogen-bond acceptors (Lipinski definition) is 4. The van der Waals surface area contributed by atoms with E-state index in [4.69, 9.17) is 4.98 Å². The molecule has 3 heterocycles. The summed E-state index contributed by atoms with van der Waals surface area (Å²) in [5.41, 5.74) is 3.79. The highest BCUT2D eigenvalue weighted by Gasteiger charge is 2.28. The van der Waals surface area contributed by atoms with Gasteiger partial charge in [0.1, 0.15) is 5.01 Å². The maximum atomic E-state index is 12.6. The Kier molecular flexibility index (Phi) is 4.97. The Morgan fingerprint density at radius 1 is 1.37 bits per heavy atom. The zero-order valence-corrected chi connectivity index (χ0v) is 16.9. The third-order valence-corrected chi connectivity index (χ3v) is 6.66. The van der Waals surface area contributed by atoms with E-state index in [1.807, 2.05) is 31.6 Å². The number of piperidine rings is 1. The molecule has 1 fully saturated rings. The molecule has 2 aromatic heterocycles. The van der Waals surface area contributed by atoms with E-state index < -0.39 is 0 Å². The van der Waals surface area contributed by atoms with Crippen molar-refractivity contribution in [2.75, 3.05) is 25.0 Å². The van der Waals surface area contributed by atoms with Gasteiger partial charge in [-0.05, 0) is 38.8 Å². The lowest BCUT2D eigenvalue weighted by Crippen LogP contribution is -3.14. The summed E-state index contributed by atoms with van der Waals surface area (Å²) in [5.74, 6) is 0.509. The van der Waals surface area contributed by atoms with E-state index in [9.17, 15) is 4.79 Å². The number of nitrogens with one attached hydrogen (secondary N) is 2. The molecule has 0 radical (unpaired) electrons.